The van der Waals surface area contributed by atoms with Crippen LogP contribution in [0.1, 0.15) is 13.3 Å². The van der Waals surface area contributed by atoms with E-state index in [1.807, 2.05) is 0 Å². The second-order valence-corrected chi connectivity index (χ2v) is 1.82. The van der Waals surface area contributed by atoms with Gasteiger partial charge < -0.3 is 11.5 Å². The predicted molar refractivity (Wildman–Crippen MR) is 32.2 cm³/mol. The first-order chi connectivity index (χ1) is 3.72. The molecule has 0 fully saturated rings. The number of hydrogen-bond acceptors (Lipinski definition) is 2. The molecule has 0 aromatic carbocycles. The minimum absolute atomic E-state index is 0.231. The Morgan fingerprint density at radius 3 is 2.25 bits per heavy atom. The van der Waals surface area contributed by atoms with Gasteiger partial charge in [-0.1, -0.05) is 6.92 Å². The SMILES string of the molecule is CCC(F)C(N)CN. The van der Waals surface area contributed by atoms with E-state index in [0.29, 0.717) is 6.42 Å². The first kappa shape index (κ1) is 7.85. The number of alkyl halides is 1. The summed E-state index contributed by atoms with van der Waals surface area (Å²) in [5.74, 6) is 0. The molecule has 0 saturated heterocycles. The zero-order valence-corrected chi connectivity index (χ0v) is 5.10. The molecule has 0 aliphatic rings. The highest BCUT2D eigenvalue weighted by atomic mass is 19.1. The van der Waals surface area contributed by atoms with Crippen molar-refractivity contribution in [2.45, 2.75) is 25.6 Å². The molecule has 0 rings (SSSR count). The quantitative estimate of drug-likeness (QED) is 0.551. The van der Waals surface area contributed by atoms with Crippen LogP contribution in [0.3, 0.4) is 0 Å². The van der Waals surface area contributed by atoms with Gasteiger partial charge in [0.05, 0.1) is 0 Å². The Labute approximate surface area is 49.0 Å². The Balaban J connectivity index is 3.29. The molecule has 0 aliphatic carbocycles. The summed E-state index contributed by atoms with van der Waals surface area (Å²) in [6.45, 7) is 1.98. The van der Waals surface area contributed by atoms with Gasteiger partial charge >= 0.3 is 0 Å². The van der Waals surface area contributed by atoms with Gasteiger partial charge in [-0.05, 0) is 6.42 Å². The maximum atomic E-state index is 12.3. The molecule has 2 atom stereocenters. The highest BCUT2D eigenvalue weighted by Gasteiger charge is 2.10. The predicted octanol–water partition coefficient (Wildman–Crippen LogP) is 0.0205. The Hall–Kier alpha value is -0.150. The van der Waals surface area contributed by atoms with Crippen molar-refractivity contribution in [1.82, 2.24) is 0 Å². The van der Waals surface area contributed by atoms with Gasteiger partial charge in [0, 0.05) is 12.6 Å². The molecule has 0 saturated carbocycles. The Morgan fingerprint density at radius 2 is 2.12 bits per heavy atom. The second kappa shape index (κ2) is 3.80. The summed E-state index contributed by atoms with van der Waals surface area (Å²) in [5.41, 5.74) is 10.3. The van der Waals surface area contributed by atoms with Crippen LogP contribution in [0.2, 0.25) is 0 Å². The molecule has 0 amide bonds. The molecule has 4 N–H and O–H groups in total. The fourth-order valence-electron chi connectivity index (χ4n) is 0.450. The van der Waals surface area contributed by atoms with Crippen LogP contribution in [0.15, 0.2) is 0 Å². The molecule has 0 radical (unpaired) electrons. The molecule has 0 heterocycles. The van der Waals surface area contributed by atoms with E-state index in [2.05, 4.69) is 0 Å². The molecule has 3 heteroatoms. The van der Waals surface area contributed by atoms with Crippen LogP contribution < -0.4 is 11.5 Å². The summed E-state index contributed by atoms with van der Waals surface area (Å²) >= 11 is 0. The van der Waals surface area contributed by atoms with Gasteiger partial charge in [0.2, 0.25) is 0 Å². The number of rotatable bonds is 3. The van der Waals surface area contributed by atoms with Gasteiger partial charge in [-0.25, -0.2) is 4.39 Å². The highest BCUT2D eigenvalue weighted by molar-refractivity contribution is 4.70. The Bertz CT molecular complexity index is 50.4. The molecule has 0 aromatic rings. The van der Waals surface area contributed by atoms with E-state index < -0.39 is 12.2 Å². The van der Waals surface area contributed by atoms with Crippen molar-refractivity contribution in [3.8, 4) is 0 Å². The third-order valence-electron chi connectivity index (χ3n) is 1.13. The van der Waals surface area contributed by atoms with Crippen molar-refractivity contribution < 1.29 is 4.39 Å². The lowest BCUT2D eigenvalue weighted by Gasteiger charge is -2.10. The molecule has 2 nitrogen and oxygen atoms in total. The minimum atomic E-state index is -0.931. The summed E-state index contributed by atoms with van der Waals surface area (Å²) in [5, 5.41) is 0. The van der Waals surface area contributed by atoms with E-state index in [9.17, 15) is 4.39 Å². The number of halogens is 1. The van der Waals surface area contributed by atoms with E-state index >= 15 is 0 Å². The van der Waals surface area contributed by atoms with E-state index in [0.717, 1.165) is 0 Å². The van der Waals surface area contributed by atoms with Crippen molar-refractivity contribution >= 4 is 0 Å². The van der Waals surface area contributed by atoms with Crippen LogP contribution >= 0.6 is 0 Å². The fraction of sp³-hybridized carbons (Fsp3) is 1.00. The van der Waals surface area contributed by atoms with Crippen LogP contribution in [0, 0.1) is 0 Å². The zero-order valence-electron chi connectivity index (χ0n) is 5.10. The minimum Gasteiger partial charge on any atom is -0.329 e. The first-order valence-corrected chi connectivity index (χ1v) is 2.82. The molecule has 0 spiro atoms. The number of hydrogen-bond donors (Lipinski definition) is 2. The molecule has 0 bridgehead atoms. The van der Waals surface area contributed by atoms with Crippen LogP contribution in [-0.2, 0) is 0 Å². The standard InChI is InChI=1S/C5H13FN2/c1-2-4(6)5(8)3-7/h4-5H,2-3,7-8H2,1H3. The highest BCUT2D eigenvalue weighted by Crippen LogP contribution is 1.98. The lowest BCUT2D eigenvalue weighted by atomic mass is 10.1. The first-order valence-electron chi connectivity index (χ1n) is 2.82. The normalized spacial score (nSPS) is 18.0. The third-order valence-corrected chi connectivity index (χ3v) is 1.13. The summed E-state index contributed by atoms with van der Waals surface area (Å²) in [4.78, 5) is 0. The van der Waals surface area contributed by atoms with Crippen molar-refractivity contribution in [3.63, 3.8) is 0 Å². The van der Waals surface area contributed by atoms with Crippen LogP contribution in [0.25, 0.3) is 0 Å². The number of nitrogens with two attached hydrogens (primary N) is 2. The smallest absolute Gasteiger partial charge is 0.116 e. The van der Waals surface area contributed by atoms with E-state index in [4.69, 9.17) is 11.5 Å². The molecule has 8 heavy (non-hydrogen) atoms. The zero-order chi connectivity index (χ0) is 6.57. The second-order valence-electron chi connectivity index (χ2n) is 1.82. The van der Waals surface area contributed by atoms with Crippen molar-refractivity contribution in [1.29, 1.82) is 0 Å². The summed E-state index contributed by atoms with van der Waals surface area (Å²) in [7, 11) is 0. The average molecular weight is 120 g/mol. The molecule has 50 valence electrons. The monoisotopic (exact) mass is 120 g/mol. The van der Waals surface area contributed by atoms with Crippen LogP contribution in [-0.4, -0.2) is 18.8 Å². The Kier molecular flexibility index (Phi) is 3.73. The molecular formula is C5H13FN2. The maximum absolute atomic E-state index is 12.3. The molecule has 2 unspecified atom stereocenters. The van der Waals surface area contributed by atoms with Gasteiger partial charge in [-0.3, -0.25) is 0 Å². The van der Waals surface area contributed by atoms with Gasteiger partial charge in [-0.2, -0.15) is 0 Å². The van der Waals surface area contributed by atoms with Gasteiger partial charge in [0.25, 0.3) is 0 Å². The molecular weight excluding hydrogens is 107 g/mol. The van der Waals surface area contributed by atoms with E-state index in [1.54, 1.807) is 6.92 Å². The van der Waals surface area contributed by atoms with Gasteiger partial charge in [0.15, 0.2) is 0 Å². The van der Waals surface area contributed by atoms with Crippen molar-refractivity contribution in [2.75, 3.05) is 6.54 Å². The Morgan fingerprint density at radius 1 is 1.62 bits per heavy atom. The van der Waals surface area contributed by atoms with E-state index in [1.165, 1.54) is 0 Å². The largest absolute Gasteiger partial charge is 0.329 e. The topological polar surface area (TPSA) is 52.0 Å². The van der Waals surface area contributed by atoms with E-state index in [-0.39, 0.29) is 6.54 Å². The van der Waals surface area contributed by atoms with Crippen molar-refractivity contribution in [3.05, 3.63) is 0 Å². The summed E-state index contributed by atoms with van der Waals surface area (Å²) in [6, 6.07) is -0.472. The molecule has 0 aliphatic heterocycles. The van der Waals surface area contributed by atoms with Crippen molar-refractivity contribution in [2.24, 2.45) is 11.5 Å². The molecule has 0 aromatic heterocycles. The summed E-state index contributed by atoms with van der Waals surface area (Å²) in [6.07, 6.45) is -0.474. The third kappa shape index (κ3) is 2.23. The lowest BCUT2D eigenvalue weighted by molar-refractivity contribution is 0.276. The lowest BCUT2D eigenvalue weighted by Crippen LogP contribution is -2.38. The maximum Gasteiger partial charge on any atom is 0.116 e. The fourth-order valence-corrected chi connectivity index (χ4v) is 0.450. The summed E-state index contributed by atoms with van der Waals surface area (Å²) < 4.78 is 12.3. The van der Waals surface area contributed by atoms with Crippen LogP contribution in [0.4, 0.5) is 4.39 Å². The van der Waals surface area contributed by atoms with Crippen LogP contribution in [0.5, 0.6) is 0 Å². The average Bonchev–Trinajstić information content (AvgIpc) is 1.84. The van der Waals surface area contributed by atoms with Gasteiger partial charge in [-0.15, -0.1) is 0 Å². The van der Waals surface area contributed by atoms with Gasteiger partial charge in [0.1, 0.15) is 6.17 Å².